The van der Waals surface area contributed by atoms with Gasteiger partial charge < -0.3 is 20.7 Å². The van der Waals surface area contributed by atoms with Crippen molar-refractivity contribution in [3.05, 3.63) is 79.9 Å². The highest BCUT2D eigenvalue weighted by Gasteiger charge is 2.24. The zero-order chi connectivity index (χ0) is 25.4. The number of ether oxygens (including phenoxy) is 1. The fourth-order valence-electron chi connectivity index (χ4n) is 3.57. The highest BCUT2D eigenvalue weighted by Crippen LogP contribution is 2.34. The molecular weight excluding hydrogens is 568 g/mol. The summed E-state index contributed by atoms with van der Waals surface area (Å²) in [5.41, 5.74) is 5.56. The van der Waals surface area contributed by atoms with Gasteiger partial charge in [-0.15, -0.1) is 0 Å². The molecule has 4 rings (SSSR count). The molecule has 0 aliphatic rings. The van der Waals surface area contributed by atoms with Gasteiger partial charge in [0.05, 0.1) is 11.2 Å². The van der Waals surface area contributed by atoms with E-state index in [2.05, 4.69) is 5.32 Å². The Hall–Kier alpha value is -3.87. The summed E-state index contributed by atoms with van der Waals surface area (Å²) >= 11 is 1.97. The minimum absolute atomic E-state index is 0.0389. The van der Waals surface area contributed by atoms with E-state index in [1.54, 1.807) is 50.5 Å². The average Bonchev–Trinajstić information content (AvgIpc) is 3.15. The van der Waals surface area contributed by atoms with E-state index in [9.17, 15) is 18.8 Å². The number of pyridine rings is 1. The number of nitrogens with zero attached hydrogens (tertiary/aromatic N) is 3. The number of carbonyl (C=O) groups excluding carboxylic acids is 2. The topological polar surface area (TPSA) is 112 Å². The maximum Gasteiger partial charge on any atom is 0.330 e. The van der Waals surface area contributed by atoms with Gasteiger partial charge in [0.1, 0.15) is 17.2 Å². The quantitative estimate of drug-likeness (QED) is 0.339. The number of fused-ring (bicyclic) bond motifs is 1. The van der Waals surface area contributed by atoms with Crippen LogP contribution in [0.15, 0.2) is 59.4 Å². The molecule has 9 nitrogen and oxygen atoms in total. The molecule has 0 saturated heterocycles. The monoisotopic (exact) mass is 589 g/mol. The van der Waals surface area contributed by atoms with Crippen molar-refractivity contribution in [2.75, 3.05) is 19.4 Å². The lowest BCUT2D eigenvalue weighted by Gasteiger charge is -2.19. The van der Waals surface area contributed by atoms with Crippen LogP contribution >= 0.6 is 22.6 Å². The fraction of sp³-hybridized carbons (Fsp3) is 0.125. The molecule has 2 heterocycles. The van der Waals surface area contributed by atoms with E-state index < -0.39 is 23.3 Å². The number of nitrogens with two attached hydrogens (primary N) is 1. The smallest absolute Gasteiger partial charge is 0.330 e. The van der Waals surface area contributed by atoms with Crippen molar-refractivity contribution in [1.82, 2.24) is 14.0 Å². The second-order valence-electron chi connectivity index (χ2n) is 7.90. The van der Waals surface area contributed by atoms with Gasteiger partial charge in [0.15, 0.2) is 5.75 Å². The molecule has 11 heteroatoms. The Balaban J connectivity index is 1.90. The van der Waals surface area contributed by atoms with E-state index in [1.807, 2.05) is 22.6 Å². The van der Waals surface area contributed by atoms with Crippen molar-refractivity contribution in [1.29, 1.82) is 0 Å². The van der Waals surface area contributed by atoms with Gasteiger partial charge in [-0.3, -0.25) is 14.2 Å². The highest BCUT2D eigenvalue weighted by molar-refractivity contribution is 14.1. The fourth-order valence-corrected chi connectivity index (χ4v) is 4.03. The van der Waals surface area contributed by atoms with E-state index in [-0.39, 0.29) is 28.7 Å². The third-order valence-corrected chi connectivity index (χ3v) is 5.97. The van der Waals surface area contributed by atoms with Gasteiger partial charge in [-0.05, 0) is 46.9 Å². The molecule has 0 unspecified atom stereocenters. The summed E-state index contributed by atoms with van der Waals surface area (Å²) < 4.78 is 23.6. The van der Waals surface area contributed by atoms with Gasteiger partial charge in [-0.25, -0.2) is 13.8 Å². The summed E-state index contributed by atoms with van der Waals surface area (Å²) in [6.07, 6.45) is 0. The third kappa shape index (κ3) is 4.58. The van der Waals surface area contributed by atoms with Crippen molar-refractivity contribution in [3.63, 3.8) is 0 Å². The molecule has 180 valence electrons. The molecule has 0 atom stereocenters. The van der Waals surface area contributed by atoms with E-state index >= 15 is 0 Å². The van der Waals surface area contributed by atoms with Crippen molar-refractivity contribution in [2.45, 2.75) is 0 Å². The van der Waals surface area contributed by atoms with Crippen LogP contribution in [-0.2, 0) is 7.05 Å². The van der Waals surface area contributed by atoms with Crippen molar-refractivity contribution >= 4 is 56.9 Å². The van der Waals surface area contributed by atoms with E-state index in [1.165, 1.54) is 28.6 Å². The first-order valence-corrected chi connectivity index (χ1v) is 11.4. The number of hydrogen-bond acceptors (Lipinski definition) is 5. The van der Waals surface area contributed by atoms with Gasteiger partial charge in [0.2, 0.25) is 5.88 Å². The van der Waals surface area contributed by atoms with Crippen LogP contribution in [0.2, 0.25) is 0 Å². The minimum Gasteiger partial charge on any atom is -0.439 e. The zero-order valence-electron chi connectivity index (χ0n) is 19.0. The van der Waals surface area contributed by atoms with E-state index in [0.29, 0.717) is 14.5 Å². The van der Waals surface area contributed by atoms with Crippen LogP contribution in [0, 0.1) is 9.39 Å². The molecule has 0 radical (unpaired) electrons. The van der Waals surface area contributed by atoms with Crippen molar-refractivity contribution < 1.29 is 18.7 Å². The van der Waals surface area contributed by atoms with Crippen LogP contribution in [0.3, 0.4) is 0 Å². The number of aromatic nitrogens is 2. The lowest BCUT2D eigenvalue weighted by atomic mass is 10.2. The summed E-state index contributed by atoms with van der Waals surface area (Å²) in [6, 6.07) is 13.9. The first-order valence-electron chi connectivity index (χ1n) is 10.3. The Kier molecular flexibility index (Phi) is 6.52. The number of amides is 2. The van der Waals surface area contributed by atoms with Gasteiger partial charge >= 0.3 is 6.03 Å². The van der Waals surface area contributed by atoms with Crippen LogP contribution in [0.4, 0.5) is 20.7 Å². The molecule has 35 heavy (non-hydrogen) atoms. The molecule has 2 aromatic heterocycles. The normalized spacial score (nSPS) is 10.9. The first kappa shape index (κ1) is 24.3. The number of anilines is 2. The molecule has 0 spiro atoms. The number of primary amides is 1. The Morgan fingerprint density at radius 1 is 1.11 bits per heavy atom. The predicted octanol–water partition coefficient (Wildman–Crippen LogP) is 4.25. The Labute approximate surface area is 213 Å². The molecule has 0 aliphatic carbocycles. The van der Waals surface area contributed by atoms with Gasteiger partial charge in [0.25, 0.3) is 11.5 Å². The number of carbonyl (C=O) groups is 2. The predicted molar refractivity (Wildman–Crippen MR) is 139 cm³/mol. The van der Waals surface area contributed by atoms with E-state index in [0.717, 1.165) is 10.6 Å². The number of para-hydroxylation sites is 1. The molecule has 0 aliphatic heterocycles. The number of benzene rings is 2. The third-order valence-electron chi connectivity index (χ3n) is 5.30. The molecular formula is C24H21FIN5O4. The van der Waals surface area contributed by atoms with Crippen molar-refractivity contribution in [2.24, 2.45) is 12.8 Å². The summed E-state index contributed by atoms with van der Waals surface area (Å²) in [5.74, 6) is -1.65. The van der Waals surface area contributed by atoms with Gasteiger partial charge in [-0.1, -0.05) is 18.2 Å². The Morgan fingerprint density at radius 2 is 1.83 bits per heavy atom. The lowest BCUT2D eigenvalue weighted by Crippen LogP contribution is -2.28. The molecule has 0 fully saturated rings. The van der Waals surface area contributed by atoms with Crippen LogP contribution in [0.5, 0.6) is 11.6 Å². The molecule has 3 N–H and O–H groups in total. The molecule has 2 amide bonds. The minimum atomic E-state index is -0.911. The SMILES string of the molecule is CN(C)C(=O)n1c(Oc2cc(=O)n(C)c(Nc3ccc(I)cc3F)c2C(N)=O)cc2ccccc21. The van der Waals surface area contributed by atoms with Gasteiger partial charge in [0, 0.05) is 42.2 Å². The average molecular weight is 589 g/mol. The number of nitrogens with one attached hydrogen (secondary N) is 1. The first-order chi connectivity index (χ1) is 16.6. The van der Waals surface area contributed by atoms with Crippen LogP contribution in [0.25, 0.3) is 10.9 Å². The second-order valence-corrected chi connectivity index (χ2v) is 9.14. The summed E-state index contributed by atoms with van der Waals surface area (Å²) in [7, 11) is 4.59. The molecule has 2 aromatic carbocycles. The lowest BCUT2D eigenvalue weighted by molar-refractivity contribution is 0.0998. The van der Waals surface area contributed by atoms with Crippen molar-refractivity contribution in [3.8, 4) is 11.6 Å². The maximum absolute atomic E-state index is 14.5. The summed E-state index contributed by atoms with van der Waals surface area (Å²) in [5, 5.41) is 3.50. The van der Waals surface area contributed by atoms with Crippen LogP contribution < -0.4 is 21.3 Å². The highest BCUT2D eigenvalue weighted by atomic mass is 127. The summed E-state index contributed by atoms with van der Waals surface area (Å²) in [6.45, 7) is 0. The molecule has 0 saturated carbocycles. The zero-order valence-corrected chi connectivity index (χ0v) is 21.2. The maximum atomic E-state index is 14.5. The second kappa shape index (κ2) is 9.41. The van der Waals surface area contributed by atoms with Crippen LogP contribution in [-0.4, -0.2) is 40.1 Å². The van der Waals surface area contributed by atoms with Gasteiger partial charge in [-0.2, -0.15) is 0 Å². The van der Waals surface area contributed by atoms with Crippen LogP contribution in [0.1, 0.15) is 10.4 Å². The number of hydrogen-bond donors (Lipinski definition) is 2. The number of rotatable bonds is 5. The summed E-state index contributed by atoms with van der Waals surface area (Å²) in [4.78, 5) is 39.6. The van der Waals surface area contributed by atoms with E-state index in [4.69, 9.17) is 10.5 Å². The number of halogens is 2. The standard InChI is InChI=1S/C24H21FIN5O4/c1-29(2)24(34)31-17-7-5-4-6-13(17)10-20(31)35-18-12-19(32)30(3)23(21(18)22(27)33)28-16-9-8-14(26)11-15(16)25/h4-12,28H,1-3H3,(H2,27,33). The Bertz CT molecular complexity index is 1540. The molecule has 4 aromatic rings. The largest absolute Gasteiger partial charge is 0.439 e. The Morgan fingerprint density at radius 3 is 2.49 bits per heavy atom. The molecule has 0 bridgehead atoms.